The highest BCUT2D eigenvalue weighted by molar-refractivity contribution is 5.70. The molecule has 0 aliphatic carbocycles. The Morgan fingerprint density at radius 2 is 0.724 bits per heavy atom. The summed E-state index contributed by atoms with van der Waals surface area (Å²) in [5.74, 6) is 0.101. The summed E-state index contributed by atoms with van der Waals surface area (Å²) in [6, 6.07) is 28.2. The summed E-state index contributed by atoms with van der Waals surface area (Å²) in [6.45, 7) is 0. The van der Waals surface area contributed by atoms with Crippen molar-refractivity contribution in [1.29, 1.82) is 0 Å². The van der Waals surface area contributed by atoms with E-state index in [1.165, 1.54) is 0 Å². The monoisotopic (exact) mass is 384 g/mol. The molecule has 0 aliphatic rings. The molecule has 4 aromatic rings. The molecule has 29 heavy (non-hydrogen) atoms. The standard InChI is InChI=1S/C12H12N2O.C12H12N2/c13-10-4-1-8(2-5-10)9-3-6-11(14)12(15)7-9;13-11-5-1-9(2-6-11)10-3-7-12(14)8-4-10/h1-7,15H,13-14H2;1-8H,13-14H2. The lowest BCUT2D eigenvalue weighted by Gasteiger charge is -2.04. The zero-order chi connectivity index (χ0) is 20.8. The van der Waals surface area contributed by atoms with Crippen molar-refractivity contribution < 1.29 is 5.11 Å². The van der Waals surface area contributed by atoms with Crippen molar-refractivity contribution in [3.8, 4) is 28.0 Å². The fourth-order valence-electron chi connectivity index (χ4n) is 2.75. The number of nitrogens with two attached hydrogens (primary N) is 4. The molecule has 0 aliphatic heterocycles. The lowest BCUT2D eigenvalue weighted by Crippen LogP contribution is -1.87. The molecule has 0 fully saturated rings. The number of aromatic hydroxyl groups is 1. The summed E-state index contributed by atoms with van der Waals surface area (Å²) < 4.78 is 0. The van der Waals surface area contributed by atoms with E-state index in [9.17, 15) is 5.11 Å². The van der Waals surface area contributed by atoms with Crippen LogP contribution in [0, 0.1) is 0 Å². The van der Waals surface area contributed by atoms with Crippen LogP contribution in [0.3, 0.4) is 0 Å². The van der Waals surface area contributed by atoms with Gasteiger partial charge in [0.25, 0.3) is 0 Å². The zero-order valence-electron chi connectivity index (χ0n) is 15.9. The van der Waals surface area contributed by atoms with Gasteiger partial charge in [0, 0.05) is 17.1 Å². The van der Waals surface area contributed by atoms with Crippen LogP contribution in [0.25, 0.3) is 22.3 Å². The van der Waals surface area contributed by atoms with Gasteiger partial charge in [-0.1, -0.05) is 42.5 Å². The maximum atomic E-state index is 9.47. The number of phenolic OH excluding ortho intramolecular Hbond substituents is 1. The van der Waals surface area contributed by atoms with Crippen LogP contribution in [-0.4, -0.2) is 5.11 Å². The van der Waals surface area contributed by atoms with Crippen LogP contribution in [0.15, 0.2) is 91.0 Å². The molecule has 0 atom stereocenters. The van der Waals surface area contributed by atoms with Crippen LogP contribution in [0.2, 0.25) is 0 Å². The second kappa shape index (κ2) is 8.71. The molecule has 4 rings (SSSR count). The maximum absolute atomic E-state index is 9.47. The predicted molar refractivity (Wildman–Crippen MR) is 123 cm³/mol. The largest absolute Gasteiger partial charge is 0.506 e. The van der Waals surface area contributed by atoms with E-state index in [0.29, 0.717) is 5.69 Å². The Balaban J connectivity index is 0.000000166. The van der Waals surface area contributed by atoms with E-state index < -0.39 is 0 Å². The number of phenols is 1. The van der Waals surface area contributed by atoms with E-state index in [-0.39, 0.29) is 5.75 Å². The van der Waals surface area contributed by atoms with Gasteiger partial charge in [-0.05, 0) is 70.8 Å². The van der Waals surface area contributed by atoms with Crippen LogP contribution in [0.1, 0.15) is 0 Å². The Kier molecular flexibility index (Phi) is 5.90. The molecule has 5 heteroatoms. The first-order valence-corrected chi connectivity index (χ1v) is 9.08. The Hall–Kier alpha value is -4.12. The molecule has 9 N–H and O–H groups in total. The highest BCUT2D eigenvalue weighted by atomic mass is 16.3. The fourth-order valence-corrected chi connectivity index (χ4v) is 2.75. The van der Waals surface area contributed by atoms with Gasteiger partial charge >= 0.3 is 0 Å². The van der Waals surface area contributed by atoms with Gasteiger partial charge in [-0.3, -0.25) is 0 Å². The molecule has 0 saturated carbocycles. The normalized spacial score (nSPS) is 10.1. The third-order valence-corrected chi connectivity index (χ3v) is 4.43. The van der Waals surface area contributed by atoms with E-state index >= 15 is 0 Å². The van der Waals surface area contributed by atoms with E-state index in [1.54, 1.807) is 12.1 Å². The lowest BCUT2D eigenvalue weighted by atomic mass is 10.0. The van der Waals surface area contributed by atoms with Crippen molar-refractivity contribution in [2.45, 2.75) is 0 Å². The van der Waals surface area contributed by atoms with Crippen molar-refractivity contribution in [1.82, 2.24) is 0 Å². The van der Waals surface area contributed by atoms with Crippen molar-refractivity contribution in [2.75, 3.05) is 22.9 Å². The molecule has 0 radical (unpaired) electrons. The van der Waals surface area contributed by atoms with Crippen LogP contribution >= 0.6 is 0 Å². The molecule has 0 heterocycles. The van der Waals surface area contributed by atoms with Gasteiger partial charge in [-0.15, -0.1) is 0 Å². The van der Waals surface area contributed by atoms with Crippen molar-refractivity contribution >= 4 is 22.7 Å². The summed E-state index contributed by atoms with van der Waals surface area (Å²) in [7, 11) is 0. The minimum atomic E-state index is 0.101. The molecule has 0 saturated heterocycles. The first-order chi connectivity index (χ1) is 13.9. The topological polar surface area (TPSA) is 124 Å². The summed E-state index contributed by atoms with van der Waals surface area (Å²) in [4.78, 5) is 0. The van der Waals surface area contributed by atoms with Gasteiger partial charge in [0.15, 0.2) is 0 Å². The number of benzene rings is 4. The molecule has 4 aromatic carbocycles. The molecule has 0 bridgehead atoms. The number of hydrogen-bond donors (Lipinski definition) is 5. The van der Waals surface area contributed by atoms with Crippen molar-refractivity contribution in [3.05, 3.63) is 91.0 Å². The van der Waals surface area contributed by atoms with Gasteiger partial charge < -0.3 is 28.0 Å². The highest BCUT2D eigenvalue weighted by Crippen LogP contribution is 2.28. The second-order valence-corrected chi connectivity index (χ2v) is 6.64. The van der Waals surface area contributed by atoms with Gasteiger partial charge in [0.05, 0.1) is 5.69 Å². The van der Waals surface area contributed by atoms with E-state index in [2.05, 4.69) is 0 Å². The fraction of sp³-hybridized carbons (Fsp3) is 0. The minimum absolute atomic E-state index is 0.101. The summed E-state index contributed by atoms with van der Waals surface area (Å²) in [6.07, 6.45) is 0. The first kappa shape index (κ1) is 19.6. The maximum Gasteiger partial charge on any atom is 0.139 e. The molecule has 146 valence electrons. The van der Waals surface area contributed by atoms with E-state index in [1.807, 2.05) is 78.9 Å². The Bertz CT molecular complexity index is 1030. The number of rotatable bonds is 2. The molecule has 0 spiro atoms. The molecular formula is C24H24N4O. The quantitative estimate of drug-likeness (QED) is 0.252. The van der Waals surface area contributed by atoms with Crippen molar-refractivity contribution in [2.24, 2.45) is 0 Å². The third-order valence-electron chi connectivity index (χ3n) is 4.43. The number of anilines is 4. The smallest absolute Gasteiger partial charge is 0.139 e. The number of nitrogen functional groups attached to an aromatic ring is 4. The Morgan fingerprint density at radius 3 is 1.07 bits per heavy atom. The minimum Gasteiger partial charge on any atom is -0.506 e. The molecular weight excluding hydrogens is 360 g/mol. The van der Waals surface area contributed by atoms with E-state index in [0.717, 1.165) is 39.3 Å². The average Bonchev–Trinajstić information content (AvgIpc) is 2.72. The molecule has 0 aromatic heterocycles. The summed E-state index contributed by atoms with van der Waals surface area (Å²) in [5.41, 5.74) is 29.2. The highest BCUT2D eigenvalue weighted by Gasteiger charge is 2.01. The van der Waals surface area contributed by atoms with Gasteiger partial charge in [0.2, 0.25) is 0 Å². The average molecular weight is 384 g/mol. The summed E-state index contributed by atoms with van der Waals surface area (Å²) >= 11 is 0. The van der Waals surface area contributed by atoms with Gasteiger partial charge in [-0.25, -0.2) is 0 Å². The Labute approximate surface area is 170 Å². The third kappa shape index (κ3) is 5.20. The molecule has 0 amide bonds. The SMILES string of the molecule is Nc1ccc(-c2ccc(N)c(O)c2)cc1.Nc1ccc(-c2ccc(N)cc2)cc1. The second-order valence-electron chi connectivity index (χ2n) is 6.64. The first-order valence-electron chi connectivity index (χ1n) is 9.08. The lowest BCUT2D eigenvalue weighted by molar-refractivity contribution is 0.478. The van der Waals surface area contributed by atoms with Crippen LogP contribution in [0.4, 0.5) is 22.7 Å². The number of hydrogen-bond acceptors (Lipinski definition) is 5. The summed E-state index contributed by atoms with van der Waals surface area (Å²) in [5, 5.41) is 9.47. The zero-order valence-corrected chi connectivity index (χ0v) is 15.9. The van der Waals surface area contributed by atoms with Gasteiger partial charge in [0.1, 0.15) is 5.75 Å². The van der Waals surface area contributed by atoms with Crippen LogP contribution in [-0.2, 0) is 0 Å². The molecule has 0 unspecified atom stereocenters. The van der Waals surface area contributed by atoms with Gasteiger partial charge in [-0.2, -0.15) is 0 Å². The van der Waals surface area contributed by atoms with Crippen molar-refractivity contribution in [3.63, 3.8) is 0 Å². The molecule has 5 nitrogen and oxygen atoms in total. The Morgan fingerprint density at radius 1 is 0.414 bits per heavy atom. The predicted octanol–water partition coefficient (Wildman–Crippen LogP) is 4.74. The van der Waals surface area contributed by atoms with Crippen LogP contribution in [0.5, 0.6) is 5.75 Å². The van der Waals surface area contributed by atoms with Crippen LogP contribution < -0.4 is 22.9 Å². The van der Waals surface area contributed by atoms with E-state index in [4.69, 9.17) is 22.9 Å².